The molecule has 0 saturated carbocycles. The lowest BCUT2D eigenvalue weighted by Gasteiger charge is -2.10. The van der Waals surface area contributed by atoms with Crippen LogP contribution in [0, 0.1) is 0 Å². The van der Waals surface area contributed by atoms with Crippen molar-refractivity contribution >= 4 is 38.5 Å². The summed E-state index contributed by atoms with van der Waals surface area (Å²) in [6.45, 7) is -0.465. The zero-order valence-corrected chi connectivity index (χ0v) is 14.5. The van der Waals surface area contributed by atoms with Gasteiger partial charge in [-0.2, -0.15) is 0 Å². The van der Waals surface area contributed by atoms with E-state index in [1.54, 1.807) is 48.5 Å². The first-order valence-corrected chi connectivity index (χ1v) is 8.16. The molecule has 3 rings (SSSR count). The molecule has 0 aromatic heterocycles. The second kappa shape index (κ2) is 6.94. The first-order chi connectivity index (χ1) is 12.0. The third kappa shape index (κ3) is 3.49. The van der Waals surface area contributed by atoms with Crippen LogP contribution < -0.4 is 0 Å². The molecule has 25 heavy (non-hydrogen) atoms. The van der Waals surface area contributed by atoms with Crippen LogP contribution in [-0.4, -0.2) is 28.6 Å². The summed E-state index contributed by atoms with van der Waals surface area (Å²) in [5.41, 5.74) is 0.210. The number of hydrogen-bond acceptors (Lipinski definition) is 5. The van der Waals surface area contributed by atoms with Gasteiger partial charge in [0.2, 0.25) is 0 Å². The topological polar surface area (TPSA) is 83.8 Å². The number of esters is 1. The fourth-order valence-electron chi connectivity index (χ4n) is 2.42. The van der Waals surface area contributed by atoms with E-state index in [1.165, 1.54) is 0 Å². The highest BCUT2D eigenvalue weighted by molar-refractivity contribution is 9.10. The average molecular weight is 401 g/mol. The maximum atomic E-state index is 12.2. The molecule has 0 amide bonds. The van der Waals surface area contributed by atoms with Crippen molar-refractivity contribution in [2.45, 2.75) is 0 Å². The first kappa shape index (κ1) is 17.0. The fourth-order valence-corrected chi connectivity index (χ4v) is 2.69. The van der Waals surface area contributed by atoms with E-state index in [1.807, 2.05) is 0 Å². The molecule has 6 heteroatoms. The number of ether oxygens (including phenoxy) is 1. The molecule has 0 aliphatic heterocycles. The smallest absolute Gasteiger partial charge is 0.342 e. The zero-order chi connectivity index (χ0) is 18.0. The summed E-state index contributed by atoms with van der Waals surface area (Å²) >= 11 is 3.27. The monoisotopic (exact) mass is 400 g/mol. The van der Waals surface area contributed by atoms with Crippen molar-refractivity contribution in [3.63, 3.8) is 0 Å². The largest absolute Gasteiger partial charge is 0.507 e. The third-order valence-electron chi connectivity index (χ3n) is 3.71. The van der Waals surface area contributed by atoms with Crippen LogP contribution in [0.2, 0.25) is 0 Å². The van der Waals surface area contributed by atoms with Gasteiger partial charge in [0.15, 0.2) is 12.4 Å². The number of benzene rings is 3. The summed E-state index contributed by atoms with van der Waals surface area (Å²) in [4.78, 5) is 24.2. The Bertz CT molecular complexity index is 963. The molecule has 0 fully saturated rings. The van der Waals surface area contributed by atoms with Gasteiger partial charge in [-0.15, -0.1) is 0 Å². The summed E-state index contributed by atoms with van der Waals surface area (Å²) in [6.07, 6.45) is 0. The Balaban J connectivity index is 1.79. The van der Waals surface area contributed by atoms with Gasteiger partial charge < -0.3 is 14.9 Å². The number of carbonyl (C=O) groups excluding carboxylic acids is 2. The van der Waals surface area contributed by atoms with Crippen LogP contribution in [-0.2, 0) is 4.74 Å². The Morgan fingerprint density at radius 3 is 2.28 bits per heavy atom. The number of Topliss-reactive ketones (excluding diaryl/α,β-unsaturated/α-hetero) is 1. The number of aromatic hydroxyl groups is 2. The maximum Gasteiger partial charge on any atom is 0.342 e. The summed E-state index contributed by atoms with van der Waals surface area (Å²) in [6, 6.07) is 14.3. The second-order valence-corrected chi connectivity index (χ2v) is 6.26. The quantitative estimate of drug-likeness (QED) is 0.392. The Hall–Kier alpha value is -2.86. The van der Waals surface area contributed by atoms with Gasteiger partial charge in [-0.05, 0) is 18.2 Å². The minimum Gasteiger partial charge on any atom is -0.507 e. The van der Waals surface area contributed by atoms with E-state index in [-0.39, 0.29) is 22.8 Å². The summed E-state index contributed by atoms with van der Waals surface area (Å²) in [5.74, 6) is -1.71. The lowest BCUT2D eigenvalue weighted by molar-refractivity contribution is 0.0472. The Morgan fingerprint density at radius 2 is 1.60 bits per heavy atom. The number of phenolic OH excluding ortho intramolecular Hbond substituents is 2. The van der Waals surface area contributed by atoms with Crippen LogP contribution in [0.15, 0.2) is 59.1 Å². The van der Waals surface area contributed by atoms with E-state index >= 15 is 0 Å². The van der Waals surface area contributed by atoms with Gasteiger partial charge in [0.1, 0.15) is 17.1 Å². The van der Waals surface area contributed by atoms with Crippen molar-refractivity contribution in [2.75, 3.05) is 6.61 Å². The minimum absolute atomic E-state index is 0.153. The van der Waals surface area contributed by atoms with Crippen LogP contribution >= 0.6 is 15.9 Å². The number of rotatable bonds is 4. The predicted octanol–water partition coefficient (Wildman–Crippen LogP) is 4.05. The van der Waals surface area contributed by atoms with Crippen molar-refractivity contribution in [3.8, 4) is 11.5 Å². The number of halogens is 1. The maximum absolute atomic E-state index is 12.2. The Kier molecular flexibility index (Phi) is 4.72. The van der Waals surface area contributed by atoms with Gasteiger partial charge in [0.25, 0.3) is 0 Å². The van der Waals surface area contributed by atoms with Crippen LogP contribution in [0.3, 0.4) is 0 Å². The van der Waals surface area contributed by atoms with Crippen LogP contribution in [0.1, 0.15) is 20.7 Å². The molecule has 0 bridgehead atoms. The first-order valence-electron chi connectivity index (χ1n) is 7.37. The summed E-state index contributed by atoms with van der Waals surface area (Å²) < 4.78 is 5.82. The highest BCUT2D eigenvalue weighted by atomic mass is 79.9. The Morgan fingerprint density at radius 1 is 0.960 bits per heavy atom. The molecular formula is C19H13BrO5. The molecule has 0 radical (unpaired) electrons. The lowest BCUT2D eigenvalue weighted by Crippen LogP contribution is -2.14. The van der Waals surface area contributed by atoms with Gasteiger partial charge in [-0.3, -0.25) is 4.79 Å². The third-order valence-corrected chi connectivity index (χ3v) is 4.24. The van der Waals surface area contributed by atoms with E-state index in [2.05, 4.69) is 15.9 Å². The van der Waals surface area contributed by atoms with Crippen LogP contribution in [0.4, 0.5) is 0 Å². The van der Waals surface area contributed by atoms with Crippen molar-refractivity contribution in [1.29, 1.82) is 0 Å². The van der Waals surface area contributed by atoms with Crippen molar-refractivity contribution < 1.29 is 24.5 Å². The van der Waals surface area contributed by atoms with Gasteiger partial charge >= 0.3 is 5.97 Å². The van der Waals surface area contributed by atoms with Gasteiger partial charge in [-0.1, -0.05) is 52.3 Å². The number of ketones is 1. The molecule has 0 saturated heterocycles. The molecule has 0 atom stereocenters. The number of hydrogen-bond donors (Lipinski definition) is 2. The zero-order valence-electron chi connectivity index (χ0n) is 12.9. The van der Waals surface area contributed by atoms with Gasteiger partial charge in [0.05, 0.1) is 0 Å². The molecule has 0 unspecified atom stereocenters. The molecule has 3 aromatic carbocycles. The van der Waals surface area contributed by atoms with E-state index in [9.17, 15) is 19.8 Å². The van der Waals surface area contributed by atoms with E-state index < -0.39 is 12.6 Å². The lowest BCUT2D eigenvalue weighted by atomic mass is 10.0. The molecule has 5 nitrogen and oxygen atoms in total. The van der Waals surface area contributed by atoms with Gasteiger partial charge in [-0.25, -0.2) is 4.79 Å². The average Bonchev–Trinajstić information content (AvgIpc) is 2.63. The molecule has 0 spiro atoms. The molecular weight excluding hydrogens is 388 g/mol. The van der Waals surface area contributed by atoms with Crippen LogP contribution in [0.5, 0.6) is 11.5 Å². The van der Waals surface area contributed by atoms with Crippen LogP contribution in [0.25, 0.3) is 10.8 Å². The molecule has 0 aliphatic carbocycles. The van der Waals surface area contributed by atoms with E-state index in [0.29, 0.717) is 16.3 Å². The molecule has 0 aliphatic rings. The molecule has 126 valence electrons. The molecule has 0 heterocycles. The molecule has 3 aromatic rings. The SMILES string of the molecule is O=C(COC(=O)c1cc(O)c2ccccc2c1O)c1ccc(Br)cc1. The normalized spacial score (nSPS) is 10.6. The second-order valence-electron chi connectivity index (χ2n) is 5.34. The minimum atomic E-state index is -0.885. The van der Waals surface area contributed by atoms with Gasteiger partial charge in [0, 0.05) is 20.8 Å². The van der Waals surface area contributed by atoms with Crippen molar-refractivity contribution in [3.05, 3.63) is 70.2 Å². The predicted molar refractivity (Wildman–Crippen MR) is 96.0 cm³/mol. The highest BCUT2D eigenvalue weighted by Gasteiger charge is 2.19. The van der Waals surface area contributed by atoms with E-state index in [0.717, 1.165) is 10.5 Å². The molecule has 2 N–H and O–H groups in total. The number of carbonyl (C=O) groups is 2. The fraction of sp³-hybridized carbons (Fsp3) is 0.0526. The van der Waals surface area contributed by atoms with E-state index in [4.69, 9.17) is 4.74 Å². The Labute approximate surface area is 151 Å². The standard InChI is InChI=1S/C19H13BrO5/c20-12-7-5-11(6-8-12)17(22)10-25-19(24)15-9-16(21)13-3-1-2-4-14(13)18(15)23/h1-9,21,23H,10H2. The van der Waals surface area contributed by atoms with Crippen molar-refractivity contribution in [1.82, 2.24) is 0 Å². The number of phenols is 2. The van der Waals surface area contributed by atoms with Crippen molar-refractivity contribution in [2.24, 2.45) is 0 Å². The highest BCUT2D eigenvalue weighted by Crippen LogP contribution is 2.35. The number of fused-ring (bicyclic) bond motifs is 1. The summed E-state index contributed by atoms with van der Waals surface area (Å²) in [7, 11) is 0. The summed E-state index contributed by atoms with van der Waals surface area (Å²) in [5, 5.41) is 21.0.